The van der Waals surface area contributed by atoms with Gasteiger partial charge in [0.1, 0.15) is 5.69 Å². The lowest BCUT2D eigenvalue weighted by Gasteiger charge is -2.11. The van der Waals surface area contributed by atoms with Crippen LogP contribution < -0.4 is 5.32 Å². The summed E-state index contributed by atoms with van der Waals surface area (Å²) in [5.41, 5.74) is 0.716. The number of hydrogen-bond donors (Lipinski definition) is 1. The lowest BCUT2D eigenvalue weighted by Crippen LogP contribution is -2.11. The largest absolute Gasteiger partial charge is 0.379 e. The van der Waals surface area contributed by atoms with Crippen molar-refractivity contribution in [1.82, 2.24) is 4.98 Å². The fraction of sp³-hybridized carbons (Fsp3) is 0.231. The van der Waals surface area contributed by atoms with Crippen molar-refractivity contribution in [2.45, 2.75) is 12.8 Å². The van der Waals surface area contributed by atoms with Gasteiger partial charge in [0.25, 0.3) is 5.69 Å². The lowest BCUT2D eigenvalue weighted by atomic mass is 10.1. The summed E-state index contributed by atoms with van der Waals surface area (Å²) in [5.74, 6) is 0.139. The molecular formula is C13H12N4O2S. The molecule has 0 spiro atoms. The minimum Gasteiger partial charge on any atom is -0.379 e. The highest BCUT2D eigenvalue weighted by atomic mass is 32.1. The maximum Gasteiger partial charge on any atom is 0.292 e. The Kier molecular flexibility index (Phi) is 4.27. The summed E-state index contributed by atoms with van der Waals surface area (Å²) in [6, 6.07) is 6.25. The van der Waals surface area contributed by atoms with Crippen LogP contribution in [0.2, 0.25) is 0 Å². The van der Waals surface area contributed by atoms with Crippen LogP contribution in [0, 0.1) is 21.4 Å². The maximum atomic E-state index is 11.0. The van der Waals surface area contributed by atoms with E-state index in [1.807, 2.05) is 18.4 Å². The van der Waals surface area contributed by atoms with E-state index in [2.05, 4.69) is 10.3 Å². The third-order valence-corrected chi connectivity index (χ3v) is 3.80. The molecule has 2 aromatic rings. The number of nitrogens with zero attached hydrogens (tertiary/aromatic N) is 3. The van der Waals surface area contributed by atoms with Gasteiger partial charge in [-0.1, -0.05) is 6.92 Å². The molecule has 1 heterocycles. The summed E-state index contributed by atoms with van der Waals surface area (Å²) in [7, 11) is 0. The van der Waals surface area contributed by atoms with Crippen molar-refractivity contribution < 1.29 is 4.92 Å². The molecule has 1 atom stereocenters. The molecular weight excluding hydrogens is 276 g/mol. The molecule has 0 saturated heterocycles. The number of anilines is 1. The van der Waals surface area contributed by atoms with Crippen LogP contribution in [0.15, 0.2) is 29.8 Å². The van der Waals surface area contributed by atoms with Crippen LogP contribution in [0.25, 0.3) is 0 Å². The Morgan fingerprint density at radius 1 is 1.60 bits per heavy atom. The van der Waals surface area contributed by atoms with E-state index >= 15 is 0 Å². The molecule has 0 aliphatic heterocycles. The molecule has 7 heteroatoms. The zero-order valence-electron chi connectivity index (χ0n) is 10.7. The van der Waals surface area contributed by atoms with Gasteiger partial charge < -0.3 is 5.32 Å². The zero-order chi connectivity index (χ0) is 14.5. The number of nitrogens with one attached hydrogen (secondary N) is 1. The molecule has 1 N–H and O–H groups in total. The fourth-order valence-electron chi connectivity index (χ4n) is 1.73. The molecule has 0 bridgehead atoms. The van der Waals surface area contributed by atoms with Crippen LogP contribution in [0.5, 0.6) is 0 Å². The van der Waals surface area contributed by atoms with Gasteiger partial charge in [-0.2, -0.15) is 5.26 Å². The Bertz CT molecular complexity index is 649. The Labute approximate surface area is 119 Å². The van der Waals surface area contributed by atoms with Gasteiger partial charge in [-0.05, 0) is 12.1 Å². The van der Waals surface area contributed by atoms with Gasteiger partial charge in [0, 0.05) is 30.1 Å². The van der Waals surface area contributed by atoms with Crippen molar-refractivity contribution in [2.24, 2.45) is 0 Å². The second-order valence-corrected chi connectivity index (χ2v) is 5.18. The summed E-state index contributed by atoms with van der Waals surface area (Å²) in [6.45, 7) is 2.51. The quantitative estimate of drug-likeness (QED) is 0.674. The van der Waals surface area contributed by atoms with Gasteiger partial charge in [-0.3, -0.25) is 10.1 Å². The van der Waals surface area contributed by atoms with Crippen molar-refractivity contribution >= 4 is 22.7 Å². The monoisotopic (exact) mass is 288 g/mol. The van der Waals surface area contributed by atoms with Gasteiger partial charge in [0.2, 0.25) is 0 Å². The van der Waals surface area contributed by atoms with Crippen molar-refractivity contribution in [3.8, 4) is 6.07 Å². The lowest BCUT2D eigenvalue weighted by molar-refractivity contribution is -0.384. The summed E-state index contributed by atoms with van der Waals surface area (Å²) in [5, 5.41) is 25.7. The first-order valence-corrected chi connectivity index (χ1v) is 6.81. The van der Waals surface area contributed by atoms with E-state index in [0.717, 1.165) is 5.01 Å². The van der Waals surface area contributed by atoms with Gasteiger partial charge in [0.15, 0.2) is 0 Å². The Morgan fingerprint density at radius 3 is 3.00 bits per heavy atom. The molecule has 20 heavy (non-hydrogen) atoms. The van der Waals surface area contributed by atoms with Crippen molar-refractivity contribution in [1.29, 1.82) is 5.26 Å². The third-order valence-electron chi connectivity index (χ3n) is 2.79. The standard InChI is InChI=1S/C13H12N4O2S/c1-9(13-15-4-5-20-13)8-16-11-6-10(7-14)2-3-12(11)17(18)19/h2-6,9,16H,8H2,1H3. The maximum absolute atomic E-state index is 11.0. The molecule has 1 aromatic heterocycles. The summed E-state index contributed by atoms with van der Waals surface area (Å²) < 4.78 is 0. The normalized spacial score (nSPS) is 11.6. The minimum absolute atomic E-state index is 0.0321. The molecule has 0 saturated carbocycles. The first-order valence-electron chi connectivity index (χ1n) is 5.93. The molecule has 0 amide bonds. The SMILES string of the molecule is CC(CNc1cc(C#N)ccc1[N+](=O)[O-])c1nccs1. The summed E-state index contributed by atoms with van der Waals surface area (Å²) >= 11 is 1.55. The number of thiazole rings is 1. The highest BCUT2D eigenvalue weighted by molar-refractivity contribution is 7.09. The molecule has 6 nitrogen and oxygen atoms in total. The average Bonchev–Trinajstić information content (AvgIpc) is 2.98. The first-order chi connectivity index (χ1) is 9.61. The predicted octanol–water partition coefficient (Wildman–Crippen LogP) is 3.14. The van der Waals surface area contributed by atoms with Crippen molar-refractivity contribution in [3.63, 3.8) is 0 Å². The van der Waals surface area contributed by atoms with Crippen LogP contribution in [0.1, 0.15) is 23.4 Å². The Hall–Kier alpha value is -2.46. The molecule has 1 unspecified atom stereocenters. The molecule has 0 fully saturated rings. The van der Waals surface area contributed by atoms with Gasteiger partial charge in [-0.15, -0.1) is 11.3 Å². The van der Waals surface area contributed by atoms with Crippen LogP contribution in [0.3, 0.4) is 0 Å². The second-order valence-electron chi connectivity index (χ2n) is 4.25. The van der Waals surface area contributed by atoms with E-state index in [4.69, 9.17) is 5.26 Å². The van der Waals surface area contributed by atoms with E-state index in [-0.39, 0.29) is 11.6 Å². The molecule has 0 aliphatic carbocycles. The topological polar surface area (TPSA) is 91.8 Å². The molecule has 2 rings (SSSR count). The smallest absolute Gasteiger partial charge is 0.292 e. The van der Waals surface area contributed by atoms with Crippen LogP contribution in [0.4, 0.5) is 11.4 Å². The summed E-state index contributed by atoms with van der Waals surface area (Å²) in [6.07, 6.45) is 1.73. The number of nitro benzene ring substituents is 1. The molecule has 102 valence electrons. The average molecular weight is 288 g/mol. The van der Waals surface area contributed by atoms with E-state index in [1.54, 1.807) is 17.5 Å². The number of hydrogen-bond acceptors (Lipinski definition) is 6. The zero-order valence-corrected chi connectivity index (χ0v) is 11.6. The molecule has 1 aromatic carbocycles. The van der Waals surface area contributed by atoms with Gasteiger partial charge in [0.05, 0.1) is 21.6 Å². The van der Waals surface area contributed by atoms with Gasteiger partial charge in [-0.25, -0.2) is 4.98 Å². The van der Waals surface area contributed by atoms with E-state index in [1.165, 1.54) is 18.2 Å². The van der Waals surface area contributed by atoms with E-state index in [0.29, 0.717) is 17.8 Å². The highest BCUT2D eigenvalue weighted by Crippen LogP contribution is 2.26. The van der Waals surface area contributed by atoms with Crippen molar-refractivity contribution in [2.75, 3.05) is 11.9 Å². The first kappa shape index (κ1) is 14.0. The van der Waals surface area contributed by atoms with Crippen LogP contribution >= 0.6 is 11.3 Å². The van der Waals surface area contributed by atoms with Crippen LogP contribution in [-0.4, -0.2) is 16.5 Å². The van der Waals surface area contributed by atoms with Crippen LogP contribution in [-0.2, 0) is 0 Å². The second kappa shape index (κ2) is 6.12. The number of nitriles is 1. The van der Waals surface area contributed by atoms with E-state index in [9.17, 15) is 10.1 Å². The fourth-order valence-corrected chi connectivity index (χ4v) is 2.43. The van der Waals surface area contributed by atoms with Crippen molar-refractivity contribution in [3.05, 3.63) is 50.5 Å². The van der Waals surface area contributed by atoms with E-state index < -0.39 is 4.92 Å². The number of nitro groups is 1. The Morgan fingerprint density at radius 2 is 2.40 bits per heavy atom. The number of rotatable bonds is 5. The number of aromatic nitrogens is 1. The number of benzene rings is 1. The van der Waals surface area contributed by atoms with Gasteiger partial charge >= 0.3 is 0 Å². The predicted molar refractivity (Wildman–Crippen MR) is 76.8 cm³/mol. The molecule has 0 radical (unpaired) electrons. The minimum atomic E-state index is -0.461. The Balaban J connectivity index is 2.16. The highest BCUT2D eigenvalue weighted by Gasteiger charge is 2.16. The molecule has 0 aliphatic rings. The third kappa shape index (κ3) is 3.10. The summed E-state index contributed by atoms with van der Waals surface area (Å²) in [4.78, 5) is 14.7.